The van der Waals surface area contributed by atoms with Crippen molar-refractivity contribution < 1.29 is 14.3 Å². The first-order chi connectivity index (χ1) is 13.5. The molecule has 0 aromatic heterocycles. The molecule has 0 spiro atoms. The van der Waals surface area contributed by atoms with Gasteiger partial charge in [0.15, 0.2) is 0 Å². The lowest BCUT2D eigenvalue weighted by molar-refractivity contribution is -0.121. The first-order valence-corrected chi connectivity index (χ1v) is 10.6. The van der Waals surface area contributed by atoms with Crippen LogP contribution < -0.4 is 15.4 Å². The number of piperidine rings is 1. The van der Waals surface area contributed by atoms with Crippen LogP contribution in [0.3, 0.4) is 0 Å². The summed E-state index contributed by atoms with van der Waals surface area (Å²) in [6.07, 6.45) is 7.28. The Bertz CT molecular complexity index is 663. The molecule has 6 heteroatoms. The van der Waals surface area contributed by atoms with Crippen LogP contribution in [0.5, 0.6) is 5.75 Å². The number of hydrogen-bond acceptors (Lipinski definition) is 3. The summed E-state index contributed by atoms with van der Waals surface area (Å²) in [6, 6.07) is 7.87. The summed E-state index contributed by atoms with van der Waals surface area (Å²) in [5.74, 6) is 0.619. The SMILES string of the molecule is CC(C)Oc1ccccc1NC(=O)C1CCN(C(=O)NC2CCCCC2)CC1. The van der Waals surface area contributed by atoms with Gasteiger partial charge in [0.05, 0.1) is 11.8 Å². The molecule has 0 bridgehead atoms. The van der Waals surface area contributed by atoms with Gasteiger partial charge in [-0.15, -0.1) is 0 Å². The zero-order valence-corrected chi connectivity index (χ0v) is 17.1. The van der Waals surface area contributed by atoms with Crippen LogP contribution in [-0.4, -0.2) is 42.1 Å². The number of ether oxygens (including phenoxy) is 1. The summed E-state index contributed by atoms with van der Waals surface area (Å²) < 4.78 is 5.78. The second kappa shape index (κ2) is 9.80. The number of likely N-dealkylation sites (tertiary alicyclic amines) is 1. The normalized spacial score (nSPS) is 18.8. The molecule has 2 fully saturated rings. The van der Waals surface area contributed by atoms with Crippen molar-refractivity contribution in [2.24, 2.45) is 5.92 Å². The van der Waals surface area contributed by atoms with Crippen molar-refractivity contribution in [3.05, 3.63) is 24.3 Å². The maximum absolute atomic E-state index is 12.7. The Kier molecular flexibility index (Phi) is 7.18. The third kappa shape index (κ3) is 5.63. The molecule has 0 unspecified atom stereocenters. The molecule has 1 heterocycles. The van der Waals surface area contributed by atoms with Gasteiger partial charge in [0.2, 0.25) is 5.91 Å². The number of anilines is 1. The number of carbonyl (C=O) groups is 2. The largest absolute Gasteiger partial charge is 0.489 e. The van der Waals surface area contributed by atoms with Gasteiger partial charge in [-0.3, -0.25) is 4.79 Å². The van der Waals surface area contributed by atoms with Gasteiger partial charge in [0.25, 0.3) is 0 Å². The Morgan fingerprint density at radius 3 is 2.39 bits per heavy atom. The van der Waals surface area contributed by atoms with E-state index in [0.717, 1.165) is 12.8 Å². The van der Waals surface area contributed by atoms with Crippen LogP contribution in [0.25, 0.3) is 0 Å². The molecule has 6 nitrogen and oxygen atoms in total. The first-order valence-electron chi connectivity index (χ1n) is 10.6. The topological polar surface area (TPSA) is 70.7 Å². The van der Waals surface area contributed by atoms with Crippen molar-refractivity contribution in [1.29, 1.82) is 0 Å². The minimum atomic E-state index is -0.0779. The highest BCUT2D eigenvalue weighted by Gasteiger charge is 2.29. The van der Waals surface area contributed by atoms with Crippen LogP contribution in [0.1, 0.15) is 58.8 Å². The smallest absolute Gasteiger partial charge is 0.317 e. The molecule has 1 aromatic rings. The van der Waals surface area contributed by atoms with Gasteiger partial charge in [0.1, 0.15) is 5.75 Å². The number of benzene rings is 1. The number of carbonyl (C=O) groups excluding carboxylic acids is 2. The highest BCUT2D eigenvalue weighted by Crippen LogP contribution is 2.27. The number of para-hydroxylation sites is 2. The molecular formula is C22H33N3O3. The molecule has 3 amide bonds. The molecule has 154 valence electrons. The Hall–Kier alpha value is -2.24. The quantitative estimate of drug-likeness (QED) is 0.797. The molecular weight excluding hydrogens is 354 g/mol. The van der Waals surface area contributed by atoms with Gasteiger partial charge in [-0.2, -0.15) is 0 Å². The van der Waals surface area contributed by atoms with Crippen LogP contribution in [0, 0.1) is 5.92 Å². The number of amides is 3. The molecule has 1 aromatic carbocycles. The average Bonchev–Trinajstić information content (AvgIpc) is 2.70. The fraction of sp³-hybridized carbons (Fsp3) is 0.636. The molecule has 0 atom stereocenters. The Morgan fingerprint density at radius 2 is 1.71 bits per heavy atom. The van der Waals surface area contributed by atoms with E-state index in [1.165, 1.54) is 19.3 Å². The summed E-state index contributed by atoms with van der Waals surface area (Å²) in [4.78, 5) is 27.0. The van der Waals surface area contributed by atoms with E-state index >= 15 is 0 Å². The van der Waals surface area contributed by atoms with Crippen LogP contribution in [0.15, 0.2) is 24.3 Å². The summed E-state index contributed by atoms with van der Waals surface area (Å²) in [5.41, 5.74) is 0.707. The van der Waals surface area contributed by atoms with Crippen molar-refractivity contribution in [2.45, 2.75) is 70.9 Å². The van der Waals surface area contributed by atoms with E-state index in [4.69, 9.17) is 4.74 Å². The molecule has 28 heavy (non-hydrogen) atoms. The maximum Gasteiger partial charge on any atom is 0.317 e. The van der Waals surface area contributed by atoms with E-state index in [0.29, 0.717) is 43.4 Å². The Labute approximate surface area is 168 Å². The molecule has 2 N–H and O–H groups in total. The van der Waals surface area contributed by atoms with Crippen LogP contribution >= 0.6 is 0 Å². The fourth-order valence-corrected chi connectivity index (χ4v) is 4.02. The number of rotatable bonds is 5. The molecule has 3 rings (SSSR count). The van der Waals surface area contributed by atoms with Crippen molar-refractivity contribution in [3.8, 4) is 5.75 Å². The molecule has 1 aliphatic heterocycles. The Morgan fingerprint density at radius 1 is 1.04 bits per heavy atom. The number of nitrogens with zero attached hydrogens (tertiary/aromatic N) is 1. The Balaban J connectivity index is 1.48. The summed E-state index contributed by atoms with van der Waals surface area (Å²) in [7, 11) is 0. The minimum Gasteiger partial charge on any atom is -0.489 e. The van der Waals surface area contributed by atoms with Gasteiger partial charge < -0.3 is 20.3 Å². The summed E-state index contributed by atoms with van der Waals surface area (Å²) in [6.45, 7) is 5.18. The zero-order valence-electron chi connectivity index (χ0n) is 17.1. The van der Waals surface area contributed by atoms with Crippen molar-refractivity contribution >= 4 is 17.6 Å². The van der Waals surface area contributed by atoms with Crippen LogP contribution in [-0.2, 0) is 4.79 Å². The molecule has 0 radical (unpaired) electrons. The van der Waals surface area contributed by atoms with Crippen LogP contribution in [0.2, 0.25) is 0 Å². The van der Waals surface area contributed by atoms with E-state index in [2.05, 4.69) is 10.6 Å². The summed E-state index contributed by atoms with van der Waals surface area (Å²) in [5, 5.41) is 6.18. The molecule has 1 saturated heterocycles. The van der Waals surface area contributed by atoms with E-state index in [-0.39, 0.29) is 24.0 Å². The predicted molar refractivity (Wildman–Crippen MR) is 111 cm³/mol. The molecule has 1 saturated carbocycles. The van der Waals surface area contributed by atoms with E-state index in [1.807, 2.05) is 43.0 Å². The minimum absolute atomic E-state index is 0.00662. The third-order valence-electron chi connectivity index (χ3n) is 5.59. The van der Waals surface area contributed by atoms with Crippen molar-refractivity contribution in [2.75, 3.05) is 18.4 Å². The van der Waals surface area contributed by atoms with Gasteiger partial charge in [-0.25, -0.2) is 4.79 Å². The van der Waals surface area contributed by atoms with E-state index in [1.54, 1.807) is 0 Å². The standard InChI is InChI=1S/C22H33N3O3/c1-16(2)28-20-11-7-6-10-19(20)24-21(26)17-12-14-25(15-13-17)22(27)23-18-8-4-3-5-9-18/h6-7,10-11,16-18H,3-5,8-9,12-15H2,1-2H3,(H,23,27)(H,24,26). The maximum atomic E-state index is 12.7. The number of urea groups is 1. The third-order valence-corrected chi connectivity index (χ3v) is 5.59. The lowest BCUT2D eigenvalue weighted by Crippen LogP contribution is -2.49. The van der Waals surface area contributed by atoms with Crippen molar-refractivity contribution in [1.82, 2.24) is 10.2 Å². The fourth-order valence-electron chi connectivity index (χ4n) is 4.02. The van der Waals surface area contributed by atoms with Crippen molar-refractivity contribution in [3.63, 3.8) is 0 Å². The zero-order chi connectivity index (χ0) is 19.9. The first kappa shape index (κ1) is 20.5. The highest BCUT2D eigenvalue weighted by molar-refractivity contribution is 5.94. The lowest BCUT2D eigenvalue weighted by atomic mass is 9.95. The van der Waals surface area contributed by atoms with Gasteiger partial charge in [0, 0.05) is 25.0 Å². The predicted octanol–water partition coefficient (Wildman–Crippen LogP) is 4.17. The highest BCUT2D eigenvalue weighted by atomic mass is 16.5. The second-order valence-corrected chi connectivity index (χ2v) is 8.20. The van der Waals surface area contributed by atoms with E-state index < -0.39 is 0 Å². The number of hydrogen-bond donors (Lipinski definition) is 2. The average molecular weight is 388 g/mol. The molecule has 2 aliphatic rings. The van der Waals surface area contributed by atoms with Gasteiger partial charge in [-0.1, -0.05) is 31.4 Å². The monoisotopic (exact) mass is 387 g/mol. The van der Waals surface area contributed by atoms with Gasteiger partial charge >= 0.3 is 6.03 Å². The van der Waals surface area contributed by atoms with E-state index in [9.17, 15) is 9.59 Å². The second-order valence-electron chi connectivity index (χ2n) is 8.20. The molecule has 1 aliphatic carbocycles. The van der Waals surface area contributed by atoms with Crippen LogP contribution in [0.4, 0.5) is 10.5 Å². The summed E-state index contributed by atoms with van der Waals surface area (Å²) >= 11 is 0. The van der Waals surface area contributed by atoms with Gasteiger partial charge in [-0.05, 0) is 51.7 Å². The number of nitrogens with one attached hydrogen (secondary N) is 2. The lowest BCUT2D eigenvalue weighted by Gasteiger charge is -2.33.